The van der Waals surface area contributed by atoms with Gasteiger partial charge in [0, 0.05) is 6.04 Å². The van der Waals surface area contributed by atoms with Crippen molar-refractivity contribution in [2.24, 2.45) is 5.92 Å². The summed E-state index contributed by atoms with van der Waals surface area (Å²) in [5.74, 6) is -0.275. The molecular weight excluding hydrogens is 359 g/mol. The Morgan fingerprint density at radius 1 is 1.11 bits per heavy atom. The molecule has 8 heteroatoms. The average Bonchev–Trinajstić information content (AvgIpc) is 2.56. The second kappa shape index (κ2) is 9.21. The van der Waals surface area contributed by atoms with Crippen molar-refractivity contribution in [2.75, 3.05) is 25.5 Å². The molecule has 0 saturated heterocycles. The lowest BCUT2D eigenvalue weighted by Crippen LogP contribution is -3.11. The van der Waals surface area contributed by atoms with Crippen LogP contribution in [0.3, 0.4) is 0 Å². The maximum Gasteiger partial charge on any atom is 0.418 e. The second-order valence-electron chi connectivity index (χ2n) is 7.34. The molecule has 1 aromatic rings. The van der Waals surface area contributed by atoms with E-state index in [4.69, 9.17) is 0 Å². The SMILES string of the molecule is C[C@H]1CCCC[C@H]1NC(=O)C[NH+](C)CC(=O)Nc1ccccc1C(F)(F)F. The number of para-hydroxylation sites is 1. The molecule has 5 nitrogen and oxygen atoms in total. The fourth-order valence-electron chi connectivity index (χ4n) is 3.43. The van der Waals surface area contributed by atoms with Gasteiger partial charge in [-0.2, -0.15) is 13.2 Å². The van der Waals surface area contributed by atoms with E-state index in [9.17, 15) is 22.8 Å². The minimum absolute atomic E-state index is 0.0948. The number of hydrogen-bond donors (Lipinski definition) is 3. The number of alkyl halides is 3. The number of amides is 2. The van der Waals surface area contributed by atoms with Gasteiger partial charge in [-0.3, -0.25) is 9.59 Å². The Morgan fingerprint density at radius 3 is 2.41 bits per heavy atom. The number of anilines is 1. The number of nitrogens with one attached hydrogen (secondary N) is 3. The van der Waals surface area contributed by atoms with E-state index in [1.165, 1.54) is 24.6 Å². The Bertz CT molecular complexity index is 664. The molecule has 1 fully saturated rings. The number of halogens is 3. The lowest BCUT2D eigenvalue weighted by atomic mass is 9.86. The molecule has 2 amide bonds. The summed E-state index contributed by atoms with van der Waals surface area (Å²) in [6.45, 7) is 2.11. The Morgan fingerprint density at radius 2 is 1.74 bits per heavy atom. The summed E-state index contributed by atoms with van der Waals surface area (Å²) in [7, 11) is 1.67. The molecule has 3 atom stereocenters. The van der Waals surface area contributed by atoms with E-state index in [0.717, 1.165) is 25.3 Å². The summed E-state index contributed by atoms with van der Waals surface area (Å²) in [6, 6.07) is 5.00. The number of likely N-dealkylation sites (N-methyl/N-ethyl adjacent to an activating group) is 1. The number of hydrogen-bond acceptors (Lipinski definition) is 2. The molecule has 3 N–H and O–H groups in total. The van der Waals surface area contributed by atoms with Crippen LogP contribution in [0.15, 0.2) is 24.3 Å². The minimum atomic E-state index is -4.54. The number of benzene rings is 1. The zero-order valence-electron chi connectivity index (χ0n) is 15.7. The highest BCUT2D eigenvalue weighted by Gasteiger charge is 2.33. The van der Waals surface area contributed by atoms with E-state index < -0.39 is 17.6 Å². The van der Waals surface area contributed by atoms with Crippen molar-refractivity contribution in [3.63, 3.8) is 0 Å². The van der Waals surface area contributed by atoms with E-state index in [-0.39, 0.29) is 30.7 Å². The lowest BCUT2D eigenvalue weighted by molar-refractivity contribution is -0.862. The van der Waals surface area contributed by atoms with Gasteiger partial charge in [0.05, 0.1) is 18.3 Å². The Balaban J connectivity index is 1.84. The highest BCUT2D eigenvalue weighted by Crippen LogP contribution is 2.34. The van der Waals surface area contributed by atoms with Crippen molar-refractivity contribution < 1.29 is 27.7 Å². The van der Waals surface area contributed by atoms with Gasteiger partial charge < -0.3 is 15.5 Å². The highest BCUT2D eigenvalue weighted by atomic mass is 19.4. The monoisotopic (exact) mass is 386 g/mol. The summed E-state index contributed by atoms with van der Waals surface area (Å²) < 4.78 is 38.9. The van der Waals surface area contributed by atoms with Crippen molar-refractivity contribution in [3.8, 4) is 0 Å². The molecular formula is C19H27F3N3O2+. The van der Waals surface area contributed by atoms with E-state index in [1.54, 1.807) is 7.05 Å². The molecule has 0 aromatic heterocycles. The first-order valence-electron chi connectivity index (χ1n) is 9.23. The average molecular weight is 386 g/mol. The predicted molar refractivity (Wildman–Crippen MR) is 96.3 cm³/mol. The Kier molecular flexibility index (Phi) is 7.24. The standard InChI is InChI=1S/C19H26F3N3O2/c1-13-7-3-5-9-15(13)23-17(26)11-25(2)12-18(27)24-16-10-6-4-8-14(16)19(20,21)22/h4,6,8,10,13,15H,3,5,7,9,11-12H2,1-2H3,(H,23,26)(H,24,27)/p+1/t13-,15+/m0/s1. The number of quaternary nitrogens is 1. The van der Waals surface area contributed by atoms with Crippen molar-refractivity contribution in [3.05, 3.63) is 29.8 Å². The fraction of sp³-hybridized carbons (Fsp3) is 0.579. The molecule has 0 spiro atoms. The molecule has 1 aliphatic rings. The molecule has 150 valence electrons. The number of carbonyl (C=O) groups is 2. The van der Waals surface area contributed by atoms with Crippen LogP contribution in [0.25, 0.3) is 0 Å². The zero-order chi connectivity index (χ0) is 20.0. The van der Waals surface area contributed by atoms with E-state index in [2.05, 4.69) is 17.6 Å². The largest absolute Gasteiger partial charge is 0.418 e. The van der Waals surface area contributed by atoms with Crippen LogP contribution in [-0.4, -0.2) is 38.0 Å². The predicted octanol–water partition coefficient (Wildman–Crippen LogP) is 1.85. The van der Waals surface area contributed by atoms with Gasteiger partial charge in [0.25, 0.3) is 11.8 Å². The third kappa shape index (κ3) is 6.53. The van der Waals surface area contributed by atoms with Crippen molar-refractivity contribution in [1.29, 1.82) is 0 Å². The van der Waals surface area contributed by atoms with Gasteiger partial charge in [0.2, 0.25) is 0 Å². The molecule has 0 radical (unpaired) electrons. The highest BCUT2D eigenvalue weighted by molar-refractivity contribution is 5.92. The summed E-state index contributed by atoms with van der Waals surface area (Å²) in [5.41, 5.74) is -1.16. The van der Waals surface area contributed by atoms with Gasteiger partial charge in [0.15, 0.2) is 13.1 Å². The van der Waals surface area contributed by atoms with E-state index in [0.29, 0.717) is 10.8 Å². The van der Waals surface area contributed by atoms with Crippen molar-refractivity contribution in [1.82, 2.24) is 5.32 Å². The van der Waals surface area contributed by atoms with Gasteiger partial charge in [-0.25, -0.2) is 0 Å². The molecule has 1 unspecified atom stereocenters. The number of rotatable bonds is 6. The first kappa shape index (κ1) is 21.2. The third-order valence-corrected chi connectivity index (χ3v) is 4.89. The fourth-order valence-corrected chi connectivity index (χ4v) is 3.43. The van der Waals surface area contributed by atoms with Crippen molar-refractivity contribution in [2.45, 2.75) is 44.8 Å². The molecule has 0 heterocycles. The van der Waals surface area contributed by atoms with Crippen LogP contribution in [0, 0.1) is 5.92 Å². The van der Waals surface area contributed by atoms with Gasteiger partial charge >= 0.3 is 6.18 Å². The van der Waals surface area contributed by atoms with Crippen LogP contribution in [-0.2, 0) is 15.8 Å². The maximum absolute atomic E-state index is 13.0. The van der Waals surface area contributed by atoms with Crippen LogP contribution in [0.1, 0.15) is 38.2 Å². The normalized spacial score (nSPS) is 21.4. The van der Waals surface area contributed by atoms with Crippen LogP contribution in [0.5, 0.6) is 0 Å². The first-order valence-corrected chi connectivity index (χ1v) is 9.23. The number of carbonyl (C=O) groups excluding carboxylic acids is 2. The molecule has 0 aliphatic heterocycles. The molecule has 0 bridgehead atoms. The Hall–Kier alpha value is -2.09. The summed E-state index contributed by atoms with van der Waals surface area (Å²) in [4.78, 5) is 24.9. The minimum Gasteiger partial charge on any atom is -0.348 e. The quantitative estimate of drug-likeness (QED) is 0.699. The second-order valence-corrected chi connectivity index (χ2v) is 7.34. The van der Waals surface area contributed by atoms with E-state index in [1.807, 2.05) is 0 Å². The molecule has 27 heavy (non-hydrogen) atoms. The molecule has 1 saturated carbocycles. The van der Waals surface area contributed by atoms with Gasteiger partial charge in [-0.1, -0.05) is 31.9 Å². The summed E-state index contributed by atoms with van der Waals surface area (Å²) >= 11 is 0. The zero-order valence-corrected chi connectivity index (χ0v) is 15.7. The molecule has 2 rings (SSSR count). The first-order chi connectivity index (χ1) is 12.7. The molecule has 1 aliphatic carbocycles. The third-order valence-electron chi connectivity index (χ3n) is 4.89. The Labute approximate surface area is 157 Å². The summed E-state index contributed by atoms with van der Waals surface area (Å²) in [6.07, 6.45) is -0.216. The van der Waals surface area contributed by atoms with Crippen LogP contribution in [0.4, 0.5) is 18.9 Å². The summed E-state index contributed by atoms with van der Waals surface area (Å²) in [5, 5.41) is 5.31. The lowest BCUT2D eigenvalue weighted by Gasteiger charge is -2.29. The molecule has 1 aromatic carbocycles. The maximum atomic E-state index is 13.0. The topological polar surface area (TPSA) is 62.6 Å². The smallest absolute Gasteiger partial charge is 0.348 e. The van der Waals surface area contributed by atoms with Crippen LogP contribution in [0.2, 0.25) is 0 Å². The van der Waals surface area contributed by atoms with Gasteiger partial charge in [0.1, 0.15) is 0 Å². The van der Waals surface area contributed by atoms with Gasteiger partial charge in [-0.05, 0) is 30.9 Å². The van der Waals surface area contributed by atoms with E-state index >= 15 is 0 Å². The van der Waals surface area contributed by atoms with Crippen molar-refractivity contribution >= 4 is 17.5 Å². The van der Waals surface area contributed by atoms with Crippen LogP contribution < -0.4 is 15.5 Å². The van der Waals surface area contributed by atoms with Gasteiger partial charge in [-0.15, -0.1) is 0 Å². The van der Waals surface area contributed by atoms with Crippen LogP contribution >= 0.6 is 0 Å².